The average molecular weight is 584 g/mol. The number of rotatable bonds is 9. The van der Waals surface area contributed by atoms with Gasteiger partial charge in [0.1, 0.15) is 5.75 Å². The topological polar surface area (TPSA) is 119 Å². The molecule has 0 saturated heterocycles. The molecule has 1 aliphatic rings. The van der Waals surface area contributed by atoms with Crippen LogP contribution < -0.4 is 15.5 Å². The Balaban J connectivity index is 1.56. The smallest absolute Gasteiger partial charge is 0.416 e. The lowest BCUT2D eigenvalue weighted by molar-refractivity contribution is -0.138. The van der Waals surface area contributed by atoms with Gasteiger partial charge in [0.15, 0.2) is 0 Å². The highest BCUT2D eigenvalue weighted by atomic mass is 19.4. The third-order valence-corrected chi connectivity index (χ3v) is 7.20. The molecule has 42 heavy (non-hydrogen) atoms. The minimum atomic E-state index is -4.71. The summed E-state index contributed by atoms with van der Waals surface area (Å²) in [5.74, 6) is -1.67. The van der Waals surface area contributed by atoms with Crippen molar-refractivity contribution < 1.29 is 37.8 Å². The fraction of sp³-hybridized carbons (Fsp3) is 0.323. The monoisotopic (exact) mass is 583 g/mol. The number of phenols is 1. The Labute approximate surface area is 241 Å². The molecule has 1 saturated carbocycles. The van der Waals surface area contributed by atoms with Gasteiger partial charge in [-0.3, -0.25) is 14.5 Å². The molecule has 4 rings (SSSR count). The maximum atomic E-state index is 13.5. The molecule has 3 aromatic carbocycles. The van der Waals surface area contributed by atoms with E-state index in [9.17, 15) is 32.7 Å². The van der Waals surface area contributed by atoms with Gasteiger partial charge in [0.2, 0.25) is 0 Å². The average Bonchev–Trinajstić information content (AvgIpc) is 2.96. The largest absolute Gasteiger partial charge is 0.508 e. The van der Waals surface area contributed by atoms with E-state index in [1.165, 1.54) is 29.7 Å². The number of aromatic hydroxyl groups is 1. The molecule has 1 aliphatic carbocycles. The molecule has 3 aromatic rings. The lowest BCUT2D eigenvalue weighted by Crippen LogP contribution is -2.34. The number of benzene rings is 3. The fourth-order valence-corrected chi connectivity index (χ4v) is 5.01. The van der Waals surface area contributed by atoms with Crippen molar-refractivity contribution >= 4 is 29.3 Å². The summed E-state index contributed by atoms with van der Waals surface area (Å²) < 4.78 is 39.9. The summed E-state index contributed by atoms with van der Waals surface area (Å²) in [6.45, 7) is 0.00623. The van der Waals surface area contributed by atoms with Crippen LogP contribution in [-0.4, -0.2) is 34.7 Å². The first kappa shape index (κ1) is 30.4. The highest BCUT2D eigenvalue weighted by molar-refractivity contribution is 6.02. The number of urea groups is 1. The van der Waals surface area contributed by atoms with Crippen LogP contribution in [0.5, 0.6) is 5.75 Å². The summed E-state index contributed by atoms with van der Waals surface area (Å²) in [6, 6.07) is 15.5. The van der Waals surface area contributed by atoms with E-state index in [-0.39, 0.29) is 25.2 Å². The number of carboxylic acids is 1. The van der Waals surface area contributed by atoms with E-state index in [4.69, 9.17) is 5.11 Å². The van der Waals surface area contributed by atoms with Crippen molar-refractivity contribution in [2.24, 2.45) is 0 Å². The van der Waals surface area contributed by atoms with Crippen LogP contribution in [0.1, 0.15) is 71.5 Å². The maximum Gasteiger partial charge on any atom is 0.416 e. The Morgan fingerprint density at radius 3 is 2.19 bits per heavy atom. The summed E-state index contributed by atoms with van der Waals surface area (Å²) in [6.07, 6.45) is 0.816. The van der Waals surface area contributed by atoms with Crippen LogP contribution in [0.15, 0.2) is 66.7 Å². The third kappa shape index (κ3) is 8.25. The molecule has 0 heterocycles. The lowest BCUT2D eigenvalue weighted by Gasteiger charge is -2.26. The molecule has 1 fully saturated rings. The van der Waals surface area contributed by atoms with Gasteiger partial charge in [-0.05, 0) is 66.3 Å². The zero-order valence-corrected chi connectivity index (χ0v) is 22.8. The molecule has 0 atom stereocenters. The van der Waals surface area contributed by atoms with E-state index in [1.54, 1.807) is 36.4 Å². The minimum absolute atomic E-state index is 0.0220. The SMILES string of the molecule is O=C(O)CCNC(=O)c1ccc(CN(C(=O)Nc2cc(O)cc(C(F)(F)F)c2)c2ccc(C3CCCCC3)cc2)cc1. The van der Waals surface area contributed by atoms with Gasteiger partial charge >= 0.3 is 18.2 Å². The summed E-state index contributed by atoms with van der Waals surface area (Å²) in [5, 5.41) is 23.6. The van der Waals surface area contributed by atoms with Crippen LogP contribution in [0.2, 0.25) is 0 Å². The van der Waals surface area contributed by atoms with Crippen LogP contribution in [0, 0.1) is 0 Å². The Hall–Kier alpha value is -4.54. The zero-order valence-electron chi connectivity index (χ0n) is 22.8. The molecule has 0 aliphatic heterocycles. The summed E-state index contributed by atoms with van der Waals surface area (Å²) in [4.78, 5) is 37.8. The first-order valence-electron chi connectivity index (χ1n) is 13.7. The van der Waals surface area contributed by atoms with Gasteiger partial charge in [0, 0.05) is 29.5 Å². The highest BCUT2D eigenvalue weighted by Crippen LogP contribution is 2.35. The molecular weight excluding hydrogens is 551 g/mol. The van der Waals surface area contributed by atoms with Crippen molar-refractivity contribution in [2.45, 2.75) is 57.2 Å². The Kier molecular flexibility index (Phi) is 9.72. The number of hydrogen-bond acceptors (Lipinski definition) is 4. The van der Waals surface area contributed by atoms with E-state index in [0.717, 1.165) is 25.0 Å². The Bertz CT molecular complexity index is 1400. The number of nitrogens with one attached hydrogen (secondary N) is 2. The Morgan fingerprint density at radius 1 is 0.905 bits per heavy atom. The van der Waals surface area contributed by atoms with Gasteiger partial charge in [0.05, 0.1) is 18.5 Å². The first-order chi connectivity index (χ1) is 20.0. The quantitative estimate of drug-likeness (QED) is 0.219. The molecule has 4 N–H and O–H groups in total. The molecule has 11 heteroatoms. The van der Waals surface area contributed by atoms with Crippen molar-refractivity contribution in [1.82, 2.24) is 5.32 Å². The third-order valence-electron chi connectivity index (χ3n) is 7.20. The lowest BCUT2D eigenvalue weighted by atomic mass is 9.84. The second-order valence-electron chi connectivity index (χ2n) is 10.3. The molecular formula is C31H32F3N3O5. The standard InChI is InChI=1S/C31H32F3N3O5/c32-31(33,34)24-16-25(18-27(38)17-24)36-30(42)37(26-12-10-22(11-13-26)21-4-2-1-3-5-21)19-20-6-8-23(9-7-20)29(41)35-15-14-28(39)40/h6-13,16-18,21,38H,1-5,14-15,19H2,(H,35,41)(H,36,42)(H,39,40). The van der Waals surface area contributed by atoms with E-state index in [2.05, 4.69) is 10.6 Å². The zero-order chi connectivity index (χ0) is 30.3. The van der Waals surface area contributed by atoms with Crippen molar-refractivity contribution in [2.75, 3.05) is 16.8 Å². The van der Waals surface area contributed by atoms with Gasteiger partial charge in [-0.15, -0.1) is 0 Å². The minimum Gasteiger partial charge on any atom is -0.508 e. The predicted octanol–water partition coefficient (Wildman–Crippen LogP) is 6.90. The Morgan fingerprint density at radius 2 is 1.57 bits per heavy atom. The molecule has 222 valence electrons. The van der Waals surface area contributed by atoms with Crippen LogP contribution >= 0.6 is 0 Å². The second kappa shape index (κ2) is 13.4. The second-order valence-corrected chi connectivity index (χ2v) is 10.3. The fourth-order valence-electron chi connectivity index (χ4n) is 5.01. The number of nitrogens with zero attached hydrogens (tertiary/aromatic N) is 1. The molecule has 0 aromatic heterocycles. The van der Waals surface area contributed by atoms with Gasteiger partial charge in [0.25, 0.3) is 5.91 Å². The van der Waals surface area contributed by atoms with Gasteiger partial charge < -0.3 is 20.8 Å². The normalized spacial score (nSPS) is 13.8. The van der Waals surface area contributed by atoms with Crippen molar-refractivity contribution in [3.05, 3.63) is 89.0 Å². The molecule has 0 unspecified atom stereocenters. The molecule has 0 bridgehead atoms. The highest BCUT2D eigenvalue weighted by Gasteiger charge is 2.31. The van der Waals surface area contributed by atoms with E-state index in [0.29, 0.717) is 28.8 Å². The maximum absolute atomic E-state index is 13.5. The number of carboxylic acid groups (broad SMARTS) is 1. The van der Waals surface area contributed by atoms with Gasteiger partial charge in [-0.1, -0.05) is 43.5 Å². The molecule has 0 radical (unpaired) electrons. The van der Waals surface area contributed by atoms with Gasteiger partial charge in [-0.2, -0.15) is 13.2 Å². The molecule has 8 nitrogen and oxygen atoms in total. The first-order valence-corrected chi connectivity index (χ1v) is 13.7. The van der Waals surface area contributed by atoms with Gasteiger partial charge in [-0.25, -0.2) is 4.79 Å². The molecule has 3 amide bonds. The number of carbonyl (C=O) groups is 3. The van der Waals surface area contributed by atoms with Crippen molar-refractivity contribution in [3.8, 4) is 5.75 Å². The van der Waals surface area contributed by atoms with Crippen molar-refractivity contribution in [1.29, 1.82) is 0 Å². The predicted molar refractivity (Wildman–Crippen MR) is 152 cm³/mol. The molecule has 0 spiro atoms. The number of phenolic OH excluding ortho intramolecular Hbond substituents is 1. The number of anilines is 2. The number of carbonyl (C=O) groups excluding carboxylic acids is 2. The van der Waals surface area contributed by atoms with Crippen LogP contribution in [0.25, 0.3) is 0 Å². The number of halogens is 3. The van der Waals surface area contributed by atoms with E-state index in [1.807, 2.05) is 12.1 Å². The van der Waals surface area contributed by atoms with Crippen LogP contribution in [-0.2, 0) is 17.5 Å². The number of alkyl halides is 3. The summed E-state index contributed by atoms with van der Waals surface area (Å²) in [5.41, 5.74) is 1.30. The number of hydrogen-bond donors (Lipinski definition) is 4. The van der Waals surface area contributed by atoms with Crippen LogP contribution in [0.4, 0.5) is 29.3 Å². The van der Waals surface area contributed by atoms with Crippen molar-refractivity contribution in [3.63, 3.8) is 0 Å². The van der Waals surface area contributed by atoms with E-state index >= 15 is 0 Å². The summed E-state index contributed by atoms with van der Waals surface area (Å²) >= 11 is 0. The van der Waals surface area contributed by atoms with Crippen LogP contribution in [0.3, 0.4) is 0 Å². The summed E-state index contributed by atoms with van der Waals surface area (Å²) in [7, 11) is 0. The van der Waals surface area contributed by atoms with E-state index < -0.39 is 35.4 Å². The number of amides is 3. The number of aliphatic carboxylic acids is 1.